The highest BCUT2D eigenvalue weighted by atomic mass is 16.5. The average molecular weight is 315 g/mol. The van der Waals surface area contributed by atoms with Crippen molar-refractivity contribution in [2.24, 2.45) is 22.6 Å². The molecule has 0 radical (unpaired) electrons. The normalized spacial score (nSPS) is 32.5. The van der Waals surface area contributed by atoms with E-state index < -0.39 is 5.54 Å². The second kappa shape index (κ2) is 4.96. The largest absolute Gasteiger partial charge is 0.497 e. The quantitative estimate of drug-likeness (QED) is 0.835. The highest BCUT2D eigenvalue weighted by Crippen LogP contribution is 2.51. The van der Waals surface area contributed by atoms with Crippen LogP contribution in [0.5, 0.6) is 5.75 Å². The second-order valence-corrected chi connectivity index (χ2v) is 6.56. The van der Waals surface area contributed by atoms with E-state index in [2.05, 4.69) is 11.1 Å². The first-order valence-corrected chi connectivity index (χ1v) is 7.96. The summed E-state index contributed by atoms with van der Waals surface area (Å²) in [7, 11) is 3.31. The number of benzene rings is 1. The molecule has 0 aromatic heterocycles. The average Bonchev–Trinajstić information content (AvgIpc) is 2.80. The van der Waals surface area contributed by atoms with Crippen LogP contribution in [-0.4, -0.2) is 44.1 Å². The van der Waals surface area contributed by atoms with Crippen LogP contribution in [-0.2, 0) is 21.5 Å². The fourth-order valence-corrected chi connectivity index (χ4v) is 4.27. The molecule has 6 heteroatoms. The number of nitrogens with zero attached hydrogens (tertiary/aromatic N) is 2. The van der Waals surface area contributed by atoms with Crippen LogP contribution < -0.4 is 10.5 Å². The van der Waals surface area contributed by atoms with Crippen molar-refractivity contribution in [2.75, 3.05) is 27.4 Å². The highest BCUT2D eigenvalue weighted by molar-refractivity contribution is 6.07. The molecule has 2 heterocycles. The third-order valence-corrected chi connectivity index (χ3v) is 5.51. The molecule has 1 unspecified atom stereocenters. The highest BCUT2D eigenvalue weighted by Gasteiger charge is 2.59. The van der Waals surface area contributed by atoms with Gasteiger partial charge in [-0.2, -0.15) is 0 Å². The molecule has 0 bridgehead atoms. The third-order valence-electron chi connectivity index (χ3n) is 5.51. The van der Waals surface area contributed by atoms with Gasteiger partial charge in [0.05, 0.1) is 13.7 Å². The van der Waals surface area contributed by atoms with Crippen LogP contribution in [0.4, 0.5) is 0 Å². The minimum absolute atomic E-state index is 0.0202. The van der Waals surface area contributed by atoms with Gasteiger partial charge in [0.1, 0.15) is 5.75 Å². The summed E-state index contributed by atoms with van der Waals surface area (Å²) in [4.78, 5) is 19.3. The number of carbonyl (C=O) groups is 1. The van der Waals surface area contributed by atoms with Crippen molar-refractivity contribution in [2.45, 2.75) is 18.4 Å². The fourth-order valence-electron chi connectivity index (χ4n) is 4.27. The van der Waals surface area contributed by atoms with Crippen molar-refractivity contribution in [1.29, 1.82) is 0 Å². The van der Waals surface area contributed by atoms with Gasteiger partial charge in [0, 0.05) is 19.6 Å². The van der Waals surface area contributed by atoms with Gasteiger partial charge in [-0.15, -0.1) is 0 Å². The number of hydrogen-bond acceptors (Lipinski definition) is 5. The minimum Gasteiger partial charge on any atom is -0.497 e. The molecule has 2 aliphatic heterocycles. The molecule has 1 aliphatic carbocycles. The molecule has 122 valence electrons. The number of amides is 1. The van der Waals surface area contributed by atoms with Gasteiger partial charge in [-0.1, -0.05) is 6.07 Å². The molecule has 1 fully saturated rings. The predicted molar refractivity (Wildman–Crippen MR) is 85.2 cm³/mol. The summed E-state index contributed by atoms with van der Waals surface area (Å²) in [6.07, 6.45) is 1.89. The minimum atomic E-state index is -0.966. The van der Waals surface area contributed by atoms with E-state index in [1.165, 1.54) is 4.90 Å². The van der Waals surface area contributed by atoms with Gasteiger partial charge in [-0.05, 0) is 42.0 Å². The molecule has 1 saturated heterocycles. The van der Waals surface area contributed by atoms with Crippen molar-refractivity contribution in [3.63, 3.8) is 0 Å². The number of rotatable bonds is 1. The molecule has 2 N–H and O–H groups in total. The number of aliphatic imine (C=N–C) groups is 1. The molecule has 6 nitrogen and oxygen atoms in total. The zero-order chi connectivity index (χ0) is 16.2. The second-order valence-electron chi connectivity index (χ2n) is 6.56. The maximum Gasteiger partial charge on any atom is 0.262 e. The first-order chi connectivity index (χ1) is 11.1. The Labute approximate surface area is 135 Å². The molecule has 1 amide bonds. The summed E-state index contributed by atoms with van der Waals surface area (Å²) in [5.74, 6) is 1.35. The van der Waals surface area contributed by atoms with Crippen LogP contribution >= 0.6 is 0 Å². The van der Waals surface area contributed by atoms with Crippen molar-refractivity contribution < 1.29 is 14.3 Å². The summed E-state index contributed by atoms with van der Waals surface area (Å²) in [6, 6.07) is 5.94. The molecular weight excluding hydrogens is 294 g/mol. The third kappa shape index (κ3) is 1.84. The van der Waals surface area contributed by atoms with Crippen molar-refractivity contribution in [3.8, 4) is 5.75 Å². The lowest BCUT2D eigenvalue weighted by Gasteiger charge is -2.46. The lowest BCUT2D eigenvalue weighted by molar-refractivity contribution is -0.137. The Bertz CT molecular complexity index is 702. The monoisotopic (exact) mass is 315 g/mol. The van der Waals surface area contributed by atoms with E-state index in [-0.39, 0.29) is 17.8 Å². The lowest BCUT2D eigenvalue weighted by atomic mass is 9.62. The van der Waals surface area contributed by atoms with Crippen molar-refractivity contribution >= 4 is 11.9 Å². The first-order valence-electron chi connectivity index (χ1n) is 7.96. The van der Waals surface area contributed by atoms with E-state index in [1.54, 1.807) is 14.2 Å². The molecule has 4 rings (SSSR count). The van der Waals surface area contributed by atoms with Gasteiger partial charge in [0.2, 0.25) is 0 Å². The Balaban J connectivity index is 1.96. The Kier molecular flexibility index (Phi) is 3.13. The van der Waals surface area contributed by atoms with Gasteiger partial charge < -0.3 is 15.2 Å². The number of nitrogens with two attached hydrogens (primary N) is 1. The maximum atomic E-state index is 13.1. The van der Waals surface area contributed by atoms with Crippen LogP contribution in [0.1, 0.15) is 17.5 Å². The van der Waals surface area contributed by atoms with Crippen LogP contribution in [0.25, 0.3) is 0 Å². The molecule has 1 aromatic carbocycles. The van der Waals surface area contributed by atoms with Gasteiger partial charge in [-0.25, -0.2) is 4.99 Å². The number of guanidine groups is 1. The molecule has 1 spiro atoms. The standard InChI is InChI=1S/C17H21N3O3/c1-20-15(21)17(19-16(20)18)13-8-12(22-2)4-3-10(13)7-11-5-6-23-9-14(11)17/h3-4,8,11,14H,5-7,9H2,1-2H3,(H2,18,19)/t11-,14+,17?/m1/s1. The van der Waals surface area contributed by atoms with E-state index in [1.807, 2.05) is 12.1 Å². The zero-order valence-electron chi connectivity index (χ0n) is 13.4. The number of likely N-dealkylation sites (N-methyl/N-ethyl adjacent to an activating group) is 1. The van der Waals surface area contributed by atoms with Gasteiger partial charge in [-0.3, -0.25) is 9.69 Å². The molecule has 3 aliphatic rings. The SMILES string of the molecule is COc1ccc2c(c1)C1(N=C(N)N(C)C1=O)[C@H]1COCC[C@@H]1C2. The van der Waals surface area contributed by atoms with Gasteiger partial charge >= 0.3 is 0 Å². The smallest absolute Gasteiger partial charge is 0.262 e. The maximum absolute atomic E-state index is 13.1. The van der Waals surface area contributed by atoms with Crippen LogP contribution in [0, 0.1) is 11.8 Å². The lowest BCUT2D eigenvalue weighted by Crippen LogP contribution is -2.53. The van der Waals surface area contributed by atoms with E-state index in [9.17, 15) is 4.79 Å². The summed E-state index contributed by atoms with van der Waals surface area (Å²) in [5.41, 5.74) is 7.12. The summed E-state index contributed by atoms with van der Waals surface area (Å²) >= 11 is 0. The Morgan fingerprint density at radius 1 is 1.48 bits per heavy atom. The molecule has 3 atom stereocenters. The predicted octanol–water partition coefficient (Wildman–Crippen LogP) is 0.886. The van der Waals surface area contributed by atoms with E-state index in [4.69, 9.17) is 15.2 Å². The Morgan fingerprint density at radius 2 is 2.30 bits per heavy atom. The Hall–Kier alpha value is -2.08. The van der Waals surface area contributed by atoms with Crippen LogP contribution in [0.15, 0.2) is 23.2 Å². The summed E-state index contributed by atoms with van der Waals surface area (Å²) in [5, 5.41) is 0. The van der Waals surface area contributed by atoms with Crippen LogP contribution in [0.2, 0.25) is 0 Å². The molecule has 0 saturated carbocycles. The molecule has 23 heavy (non-hydrogen) atoms. The van der Waals surface area contributed by atoms with E-state index in [0.29, 0.717) is 12.5 Å². The van der Waals surface area contributed by atoms with E-state index >= 15 is 0 Å². The topological polar surface area (TPSA) is 77.2 Å². The molecule has 1 aromatic rings. The van der Waals surface area contributed by atoms with Crippen molar-refractivity contribution in [3.05, 3.63) is 29.3 Å². The number of fused-ring (bicyclic) bond motifs is 4. The number of hydrogen-bond donors (Lipinski definition) is 1. The first kappa shape index (κ1) is 14.5. The number of ether oxygens (including phenoxy) is 2. The van der Waals surface area contributed by atoms with Gasteiger partial charge in [0.25, 0.3) is 5.91 Å². The fraction of sp³-hybridized carbons (Fsp3) is 0.529. The summed E-state index contributed by atoms with van der Waals surface area (Å²) in [6.45, 7) is 1.28. The van der Waals surface area contributed by atoms with Crippen LogP contribution in [0.3, 0.4) is 0 Å². The zero-order valence-corrected chi connectivity index (χ0v) is 13.4. The molecular formula is C17H21N3O3. The van der Waals surface area contributed by atoms with E-state index in [0.717, 1.165) is 36.3 Å². The Morgan fingerprint density at radius 3 is 3.00 bits per heavy atom. The number of methoxy groups -OCH3 is 1. The number of carbonyl (C=O) groups excluding carboxylic acids is 1. The van der Waals surface area contributed by atoms with Gasteiger partial charge in [0.15, 0.2) is 11.5 Å². The van der Waals surface area contributed by atoms with Crippen molar-refractivity contribution in [1.82, 2.24) is 4.90 Å². The summed E-state index contributed by atoms with van der Waals surface area (Å²) < 4.78 is 11.1.